The first-order chi connectivity index (χ1) is 6.38. The summed E-state index contributed by atoms with van der Waals surface area (Å²) in [6, 6.07) is 0. The van der Waals surface area contributed by atoms with Crippen molar-refractivity contribution < 1.29 is 4.52 Å². The van der Waals surface area contributed by atoms with Crippen LogP contribution in [0.3, 0.4) is 0 Å². The van der Waals surface area contributed by atoms with Gasteiger partial charge in [0, 0.05) is 5.92 Å². The topological polar surface area (TPSA) is 52.0 Å². The second kappa shape index (κ2) is 3.81. The quantitative estimate of drug-likeness (QED) is 0.676. The van der Waals surface area contributed by atoms with E-state index in [1.807, 2.05) is 0 Å². The van der Waals surface area contributed by atoms with Crippen LogP contribution in [-0.2, 0) is 0 Å². The molecule has 1 saturated carbocycles. The van der Waals surface area contributed by atoms with Crippen molar-refractivity contribution in [2.75, 3.05) is 5.73 Å². The Labute approximate surface area is 78.3 Å². The van der Waals surface area contributed by atoms with Gasteiger partial charge in [0.2, 0.25) is 0 Å². The van der Waals surface area contributed by atoms with E-state index in [1.165, 1.54) is 38.5 Å². The summed E-state index contributed by atoms with van der Waals surface area (Å²) in [4.78, 5) is 0. The van der Waals surface area contributed by atoms with E-state index in [-0.39, 0.29) is 0 Å². The monoisotopic (exact) mass is 180 g/mol. The Morgan fingerprint density at radius 1 is 1.23 bits per heavy atom. The fourth-order valence-electron chi connectivity index (χ4n) is 2.11. The second-order valence-corrected chi connectivity index (χ2v) is 3.83. The Balaban J connectivity index is 2.10. The molecule has 1 aromatic heterocycles. The van der Waals surface area contributed by atoms with Crippen LogP contribution in [-0.4, -0.2) is 5.16 Å². The van der Waals surface area contributed by atoms with Crippen LogP contribution in [0.2, 0.25) is 0 Å². The average Bonchev–Trinajstić information content (AvgIpc) is 2.43. The van der Waals surface area contributed by atoms with Crippen LogP contribution in [0.1, 0.15) is 50.2 Å². The summed E-state index contributed by atoms with van der Waals surface area (Å²) in [5.41, 5.74) is 6.49. The predicted octanol–water partition coefficient (Wildman–Crippen LogP) is 2.69. The van der Waals surface area contributed by atoms with E-state index in [0.29, 0.717) is 5.92 Å². The van der Waals surface area contributed by atoms with Gasteiger partial charge in [-0.25, -0.2) is 0 Å². The van der Waals surface area contributed by atoms with E-state index < -0.39 is 0 Å². The van der Waals surface area contributed by atoms with Crippen molar-refractivity contribution in [1.82, 2.24) is 5.16 Å². The average molecular weight is 180 g/mol. The standard InChI is InChI=1S/C10H16N2O/c11-9-7-12-13-10(9)8-5-3-1-2-4-6-8/h7-8H,1-6,11H2. The molecule has 1 heterocycles. The summed E-state index contributed by atoms with van der Waals surface area (Å²) in [7, 11) is 0. The third-order valence-corrected chi connectivity index (χ3v) is 2.85. The normalized spacial score (nSPS) is 20.0. The van der Waals surface area contributed by atoms with Crippen LogP contribution in [0.5, 0.6) is 0 Å². The number of hydrogen-bond donors (Lipinski definition) is 1. The van der Waals surface area contributed by atoms with Crippen molar-refractivity contribution in [3.63, 3.8) is 0 Å². The number of nitrogens with two attached hydrogens (primary N) is 1. The first-order valence-electron chi connectivity index (χ1n) is 5.08. The smallest absolute Gasteiger partial charge is 0.162 e. The molecule has 1 fully saturated rings. The molecule has 0 spiro atoms. The van der Waals surface area contributed by atoms with Crippen LogP contribution < -0.4 is 5.73 Å². The Hall–Kier alpha value is -0.990. The van der Waals surface area contributed by atoms with Gasteiger partial charge in [0.05, 0.1) is 11.9 Å². The van der Waals surface area contributed by atoms with Crippen molar-refractivity contribution in [3.05, 3.63) is 12.0 Å². The van der Waals surface area contributed by atoms with Gasteiger partial charge in [-0.2, -0.15) is 0 Å². The molecule has 13 heavy (non-hydrogen) atoms. The Bertz CT molecular complexity index is 262. The minimum atomic E-state index is 0.519. The van der Waals surface area contributed by atoms with Crippen molar-refractivity contribution >= 4 is 5.69 Å². The molecule has 1 aliphatic rings. The third-order valence-electron chi connectivity index (χ3n) is 2.85. The maximum Gasteiger partial charge on any atom is 0.162 e. The lowest BCUT2D eigenvalue weighted by molar-refractivity contribution is 0.348. The minimum Gasteiger partial charge on any atom is -0.395 e. The molecule has 2 N–H and O–H groups in total. The van der Waals surface area contributed by atoms with Crippen LogP contribution in [0, 0.1) is 0 Å². The van der Waals surface area contributed by atoms with E-state index in [4.69, 9.17) is 10.3 Å². The fourth-order valence-corrected chi connectivity index (χ4v) is 2.11. The summed E-state index contributed by atoms with van der Waals surface area (Å²) >= 11 is 0. The lowest BCUT2D eigenvalue weighted by Crippen LogP contribution is -1.98. The van der Waals surface area contributed by atoms with E-state index >= 15 is 0 Å². The number of nitrogens with zero attached hydrogens (tertiary/aromatic N) is 1. The molecular weight excluding hydrogens is 164 g/mol. The maximum atomic E-state index is 5.77. The summed E-state index contributed by atoms with van der Waals surface area (Å²) in [5, 5.41) is 3.73. The highest BCUT2D eigenvalue weighted by Crippen LogP contribution is 2.34. The number of hydrogen-bond acceptors (Lipinski definition) is 3. The molecule has 0 bridgehead atoms. The fraction of sp³-hybridized carbons (Fsp3) is 0.700. The summed E-state index contributed by atoms with van der Waals surface area (Å²) < 4.78 is 5.18. The summed E-state index contributed by atoms with van der Waals surface area (Å²) in [6.07, 6.45) is 9.32. The third kappa shape index (κ3) is 1.85. The van der Waals surface area contributed by atoms with Gasteiger partial charge in [-0.3, -0.25) is 0 Å². The summed E-state index contributed by atoms with van der Waals surface area (Å²) in [5.74, 6) is 1.44. The van der Waals surface area contributed by atoms with Crippen molar-refractivity contribution in [2.24, 2.45) is 0 Å². The summed E-state index contributed by atoms with van der Waals surface area (Å²) in [6.45, 7) is 0. The zero-order chi connectivity index (χ0) is 9.10. The largest absolute Gasteiger partial charge is 0.395 e. The molecule has 72 valence electrons. The Morgan fingerprint density at radius 2 is 1.92 bits per heavy atom. The molecule has 0 aromatic carbocycles. The van der Waals surface area contributed by atoms with Crippen LogP contribution in [0.4, 0.5) is 5.69 Å². The second-order valence-electron chi connectivity index (χ2n) is 3.83. The lowest BCUT2D eigenvalue weighted by atomic mass is 9.97. The van der Waals surface area contributed by atoms with Gasteiger partial charge in [-0.15, -0.1) is 0 Å². The SMILES string of the molecule is Nc1cnoc1C1CCCCCC1. The molecule has 0 atom stereocenters. The zero-order valence-electron chi connectivity index (χ0n) is 7.83. The van der Waals surface area contributed by atoms with E-state index in [1.54, 1.807) is 6.20 Å². The van der Waals surface area contributed by atoms with Crippen molar-refractivity contribution in [3.8, 4) is 0 Å². The predicted molar refractivity (Wildman–Crippen MR) is 51.4 cm³/mol. The van der Waals surface area contributed by atoms with E-state index in [0.717, 1.165) is 11.4 Å². The van der Waals surface area contributed by atoms with Gasteiger partial charge < -0.3 is 10.3 Å². The maximum absolute atomic E-state index is 5.77. The van der Waals surface area contributed by atoms with Crippen molar-refractivity contribution in [2.45, 2.75) is 44.4 Å². The first-order valence-corrected chi connectivity index (χ1v) is 5.08. The molecule has 1 aliphatic carbocycles. The van der Waals surface area contributed by atoms with Crippen LogP contribution in [0.25, 0.3) is 0 Å². The van der Waals surface area contributed by atoms with Gasteiger partial charge in [0.15, 0.2) is 5.76 Å². The van der Waals surface area contributed by atoms with E-state index in [2.05, 4.69) is 5.16 Å². The molecule has 3 nitrogen and oxygen atoms in total. The van der Waals surface area contributed by atoms with Crippen LogP contribution in [0.15, 0.2) is 10.7 Å². The lowest BCUT2D eigenvalue weighted by Gasteiger charge is -2.09. The van der Waals surface area contributed by atoms with Gasteiger partial charge in [-0.05, 0) is 12.8 Å². The van der Waals surface area contributed by atoms with Gasteiger partial charge in [0.25, 0.3) is 0 Å². The van der Waals surface area contributed by atoms with Gasteiger partial charge >= 0.3 is 0 Å². The molecular formula is C10H16N2O. The molecule has 0 radical (unpaired) electrons. The van der Waals surface area contributed by atoms with Gasteiger partial charge in [-0.1, -0.05) is 30.8 Å². The highest BCUT2D eigenvalue weighted by Gasteiger charge is 2.20. The Morgan fingerprint density at radius 3 is 2.46 bits per heavy atom. The highest BCUT2D eigenvalue weighted by molar-refractivity contribution is 5.40. The van der Waals surface area contributed by atoms with E-state index in [9.17, 15) is 0 Å². The molecule has 1 aromatic rings. The van der Waals surface area contributed by atoms with Gasteiger partial charge in [0.1, 0.15) is 0 Å². The minimum absolute atomic E-state index is 0.519. The molecule has 0 aliphatic heterocycles. The number of rotatable bonds is 1. The molecule has 0 unspecified atom stereocenters. The number of aromatic nitrogens is 1. The number of nitrogen functional groups attached to an aromatic ring is 1. The van der Waals surface area contributed by atoms with Crippen LogP contribution >= 0.6 is 0 Å². The molecule has 3 heteroatoms. The molecule has 0 saturated heterocycles. The highest BCUT2D eigenvalue weighted by atomic mass is 16.5. The Kier molecular flexibility index (Phi) is 2.52. The molecule has 2 rings (SSSR count). The first kappa shape index (κ1) is 8.60. The zero-order valence-corrected chi connectivity index (χ0v) is 7.83. The number of anilines is 1. The molecule has 0 amide bonds. The van der Waals surface area contributed by atoms with Crippen molar-refractivity contribution in [1.29, 1.82) is 0 Å².